The minimum atomic E-state index is 0.251. The van der Waals surface area contributed by atoms with Crippen molar-refractivity contribution in [2.45, 2.75) is 39.7 Å². The Morgan fingerprint density at radius 1 is 1.35 bits per heavy atom. The number of hydrogen-bond acceptors (Lipinski definition) is 3. The van der Waals surface area contributed by atoms with Gasteiger partial charge in [0.15, 0.2) is 0 Å². The molecule has 0 radical (unpaired) electrons. The second-order valence-electron chi connectivity index (χ2n) is 5.05. The number of nitrogens with zero attached hydrogens (tertiary/aromatic N) is 1. The van der Waals surface area contributed by atoms with Crippen molar-refractivity contribution in [2.24, 2.45) is 0 Å². The van der Waals surface area contributed by atoms with Crippen LogP contribution in [0.15, 0.2) is 33.3 Å². The Bertz CT molecular complexity index is 548. The Hall–Kier alpha value is -1.13. The lowest BCUT2D eigenvalue weighted by molar-refractivity contribution is 0.479. The van der Waals surface area contributed by atoms with E-state index < -0.39 is 0 Å². The quantitative estimate of drug-likeness (QED) is 0.852. The number of aryl methyl sites for hydroxylation is 2. The van der Waals surface area contributed by atoms with E-state index in [4.69, 9.17) is 4.42 Å². The van der Waals surface area contributed by atoms with Gasteiger partial charge in [-0.05, 0) is 60.9 Å². The molecule has 0 bridgehead atoms. The molecule has 4 heteroatoms. The number of pyridine rings is 1. The number of furan rings is 1. The molecule has 2 aromatic rings. The van der Waals surface area contributed by atoms with Gasteiger partial charge in [0.05, 0.1) is 0 Å². The van der Waals surface area contributed by atoms with Crippen molar-refractivity contribution in [1.82, 2.24) is 10.3 Å². The average Bonchev–Trinajstić information content (AvgIpc) is 2.76. The van der Waals surface area contributed by atoms with Crippen LogP contribution in [-0.4, -0.2) is 11.5 Å². The summed E-state index contributed by atoms with van der Waals surface area (Å²) >= 11 is 3.42. The van der Waals surface area contributed by atoms with Gasteiger partial charge < -0.3 is 9.73 Å². The van der Waals surface area contributed by atoms with E-state index >= 15 is 0 Å². The number of nitrogens with one attached hydrogen (secondary N) is 1. The summed E-state index contributed by atoms with van der Waals surface area (Å²) in [5.41, 5.74) is 2.32. The molecule has 0 aromatic carbocycles. The summed E-state index contributed by atoms with van der Waals surface area (Å²) in [5.74, 6) is 1.96. The second kappa shape index (κ2) is 7.04. The molecule has 1 atom stereocenters. The number of aromatic nitrogens is 1. The first-order valence-electron chi connectivity index (χ1n) is 7.01. The van der Waals surface area contributed by atoms with Crippen molar-refractivity contribution in [2.75, 3.05) is 6.54 Å². The van der Waals surface area contributed by atoms with Crippen molar-refractivity contribution >= 4 is 15.9 Å². The molecule has 2 rings (SSSR count). The Morgan fingerprint density at radius 3 is 2.70 bits per heavy atom. The van der Waals surface area contributed by atoms with Crippen LogP contribution in [0.5, 0.6) is 0 Å². The molecule has 0 saturated carbocycles. The van der Waals surface area contributed by atoms with Gasteiger partial charge in [0.2, 0.25) is 0 Å². The Kier molecular flexibility index (Phi) is 5.38. The van der Waals surface area contributed by atoms with E-state index in [9.17, 15) is 0 Å². The van der Waals surface area contributed by atoms with Crippen molar-refractivity contribution < 1.29 is 4.42 Å². The van der Waals surface area contributed by atoms with Crippen molar-refractivity contribution in [1.29, 1.82) is 0 Å². The van der Waals surface area contributed by atoms with E-state index in [-0.39, 0.29) is 6.04 Å². The van der Waals surface area contributed by atoms with Gasteiger partial charge in [0.1, 0.15) is 11.5 Å². The van der Waals surface area contributed by atoms with Crippen molar-refractivity contribution in [3.8, 4) is 0 Å². The van der Waals surface area contributed by atoms with Crippen LogP contribution in [0, 0.1) is 13.8 Å². The van der Waals surface area contributed by atoms with Crippen LogP contribution < -0.4 is 5.32 Å². The highest BCUT2D eigenvalue weighted by Gasteiger charge is 2.17. The fourth-order valence-electron chi connectivity index (χ4n) is 2.34. The van der Waals surface area contributed by atoms with Gasteiger partial charge in [-0.15, -0.1) is 0 Å². The zero-order chi connectivity index (χ0) is 14.5. The van der Waals surface area contributed by atoms with Gasteiger partial charge in [-0.3, -0.25) is 4.98 Å². The number of halogens is 1. The minimum Gasteiger partial charge on any atom is -0.466 e. The largest absolute Gasteiger partial charge is 0.466 e. The lowest BCUT2D eigenvalue weighted by Gasteiger charge is -2.17. The summed E-state index contributed by atoms with van der Waals surface area (Å²) in [7, 11) is 0. The first-order valence-corrected chi connectivity index (χ1v) is 7.80. The highest BCUT2D eigenvalue weighted by Crippen LogP contribution is 2.24. The van der Waals surface area contributed by atoms with Gasteiger partial charge in [0.25, 0.3) is 0 Å². The lowest BCUT2D eigenvalue weighted by Crippen LogP contribution is -2.24. The molecule has 20 heavy (non-hydrogen) atoms. The van der Waals surface area contributed by atoms with Crippen LogP contribution in [0.1, 0.15) is 42.2 Å². The van der Waals surface area contributed by atoms with Gasteiger partial charge in [-0.1, -0.05) is 6.92 Å². The van der Waals surface area contributed by atoms with Gasteiger partial charge >= 0.3 is 0 Å². The highest BCUT2D eigenvalue weighted by atomic mass is 79.9. The van der Waals surface area contributed by atoms with Crippen LogP contribution in [0.3, 0.4) is 0 Å². The van der Waals surface area contributed by atoms with Gasteiger partial charge in [-0.2, -0.15) is 0 Å². The van der Waals surface area contributed by atoms with Crippen molar-refractivity contribution in [3.63, 3.8) is 0 Å². The zero-order valence-electron chi connectivity index (χ0n) is 12.2. The molecular formula is C16H21BrN2O. The smallest absolute Gasteiger partial charge is 0.105 e. The fourth-order valence-corrected chi connectivity index (χ4v) is 2.58. The molecule has 2 heterocycles. The van der Waals surface area contributed by atoms with E-state index in [1.165, 1.54) is 5.56 Å². The molecule has 0 saturated heterocycles. The molecule has 0 aliphatic carbocycles. The molecule has 0 aliphatic heterocycles. The maximum Gasteiger partial charge on any atom is 0.105 e. The van der Waals surface area contributed by atoms with Gasteiger partial charge in [0, 0.05) is 34.4 Å². The normalized spacial score (nSPS) is 12.6. The fraction of sp³-hybridized carbons (Fsp3) is 0.438. The first kappa shape index (κ1) is 15.3. The van der Waals surface area contributed by atoms with E-state index in [2.05, 4.69) is 45.3 Å². The zero-order valence-corrected chi connectivity index (χ0v) is 13.8. The molecule has 3 nitrogen and oxygen atoms in total. The molecule has 0 spiro atoms. The summed E-state index contributed by atoms with van der Waals surface area (Å²) in [6.45, 7) is 7.18. The summed E-state index contributed by atoms with van der Waals surface area (Å²) in [4.78, 5) is 4.47. The van der Waals surface area contributed by atoms with E-state index in [0.717, 1.165) is 41.1 Å². The maximum atomic E-state index is 5.66. The Labute approximate surface area is 128 Å². The number of rotatable bonds is 6. The summed E-state index contributed by atoms with van der Waals surface area (Å²) in [6.07, 6.45) is 3.83. The van der Waals surface area contributed by atoms with E-state index in [1.807, 2.05) is 26.1 Å². The van der Waals surface area contributed by atoms with Crippen LogP contribution in [-0.2, 0) is 6.42 Å². The Morgan fingerprint density at radius 2 is 2.15 bits per heavy atom. The second-order valence-corrected chi connectivity index (χ2v) is 5.96. The molecule has 0 fully saturated rings. The third-order valence-electron chi connectivity index (χ3n) is 3.30. The summed E-state index contributed by atoms with van der Waals surface area (Å²) in [5, 5.41) is 3.59. The first-order chi connectivity index (χ1) is 9.60. The monoisotopic (exact) mass is 336 g/mol. The standard InChI is InChI=1S/C16H21BrN2O/c1-4-7-18-16(15-8-11(2)20-12(15)3)9-14-6-5-13(17)10-19-14/h5-6,8,10,16,18H,4,7,9H2,1-3H3. The predicted octanol–water partition coefficient (Wildman–Crippen LogP) is 4.34. The molecule has 2 aromatic heterocycles. The Balaban J connectivity index is 2.19. The average molecular weight is 337 g/mol. The van der Waals surface area contributed by atoms with Crippen LogP contribution in [0.2, 0.25) is 0 Å². The molecule has 0 amide bonds. The SMILES string of the molecule is CCCNC(Cc1ccc(Br)cn1)c1cc(C)oc1C. The van der Waals surface area contributed by atoms with E-state index in [0.29, 0.717) is 0 Å². The molecule has 1 N–H and O–H groups in total. The van der Waals surface area contributed by atoms with Crippen LogP contribution in [0.25, 0.3) is 0 Å². The molecule has 0 aliphatic rings. The summed E-state index contributed by atoms with van der Waals surface area (Å²) < 4.78 is 6.67. The lowest BCUT2D eigenvalue weighted by atomic mass is 10.0. The highest BCUT2D eigenvalue weighted by molar-refractivity contribution is 9.10. The van der Waals surface area contributed by atoms with Crippen LogP contribution in [0.4, 0.5) is 0 Å². The van der Waals surface area contributed by atoms with Gasteiger partial charge in [-0.25, -0.2) is 0 Å². The van der Waals surface area contributed by atoms with E-state index in [1.54, 1.807) is 0 Å². The molecular weight excluding hydrogens is 316 g/mol. The molecule has 1 unspecified atom stereocenters. The predicted molar refractivity (Wildman–Crippen MR) is 84.9 cm³/mol. The topological polar surface area (TPSA) is 38.1 Å². The number of hydrogen-bond donors (Lipinski definition) is 1. The maximum absolute atomic E-state index is 5.66. The van der Waals surface area contributed by atoms with Crippen LogP contribution >= 0.6 is 15.9 Å². The molecule has 108 valence electrons. The summed E-state index contributed by atoms with van der Waals surface area (Å²) in [6, 6.07) is 6.47. The third-order valence-corrected chi connectivity index (χ3v) is 3.77. The third kappa shape index (κ3) is 3.93. The minimum absolute atomic E-state index is 0.251. The van der Waals surface area contributed by atoms with Crippen molar-refractivity contribution in [3.05, 3.63) is 51.6 Å².